The van der Waals surface area contributed by atoms with E-state index in [1.807, 2.05) is 0 Å². The van der Waals surface area contributed by atoms with Crippen LogP contribution >= 0.6 is 23.2 Å². The maximum atomic E-state index is 12.6. The molecule has 2 aromatic rings. The van der Waals surface area contributed by atoms with E-state index in [2.05, 4.69) is 9.97 Å². The van der Waals surface area contributed by atoms with E-state index in [4.69, 9.17) is 32.7 Å². The molecule has 8 heteroatoms. The van der Waals surface area contributed by atoms with Gasteiger partial charge in [0, 0.05) is 18.0 Å². The molecule has 0 aliphatic carbocycles. The Morgan fingerprint density at radius 2 is 2.08 bits per heavy atom. The van der Waals surface area contributed by atoms with Crippen LogP contribution in [0, 0.1) is 0 Å². The Morgan fingerprint density at radius 3 is 2.88 bits per heavy atom. The first-order valence-corrected chi connectivity index (χ1v) is 8.09. The Morgan fingerprint density at radius 1 is 1.29 bits per heavy atom. The number of likely N-dealkylation sites (tertiary alicyclic amines) is 1. The van der Waals surface area contributed by atoms with Gasteiger partial charge in [0.15, 0.2) is 0 Å². The number of halogens is 2. The lowest BCUT2D eigenvalue weighted by Gasteiger charge is -2.17. The highest BCUT2D eigenvalue weighted by molar-refractivity contribution is 6.35. The number of aromatic nitrogens is 2. The molecule has 1 atom stereocenters. The van der Waals surface area contributed by atoms with Crippen molar-refractivity contribution in [3.63, 3.8) is 0 Å². The molecule has 1 aromatic heterocycles. The molecule has 0 N–H and O–H groups in total. The predicted molar refractivity (Wildman–Crippen MR) is 90.0 cm³/mol. The van der Waals surface area contributed by atoms with Crippen molar-refractivity contribution in [3.05, 3.63) is 46.2 Å². The number of hydrogen-bond acceptors (Lipinski definition) is 5. The smallest absolute Gasteiger partial charge is 0.255 e. The zero-order valence-corrected chi connectivity index (χ0v) is 14.4. The van der Waals surface area contributed by atoms with E-state index in [0.29, 0.717) is 46.9 Å². The molecule has 2 heterocycles. The number of rotatable bonds is 4. The fraction of sp³-hybridized carbons (Fsp3) is 0.312. The van der Waals surface area contributed by atoms with Crippen LogP contribution in [0.2, 0.25) is 10.0 Å². The number of amides is 1. The molecular weight excluding hydrogens is 353 g/mol. The molecule has 1 amide bonds. The minimum absolute atomic E-state index is 0.159. The van der Waals surface area contributed by atoms with Crippen LogP contribution < -0.4 is 9.47 Å². The third-order valence-corrected chi connectivity index (χ3v) is 4.24. The van der Waals surface area contributed by atoms with Gasteiger partial charge in [-0.05, 0) is 18.2 Å². The maximum absolute atomic E-state index is 12.6. The number of carbonyl (C=O) groups excluding carboxylic acids is 1. The van der Waals surface area contributed by atoms with Crippen molar-refractivity contribution < 1.29 is 14.3 Å². The van der Waals surface area contributed by atoms with Gasteiger partial charge in [-0.3, -0.25) is 9.78 Å². The molecule has 0 radical (unpaired) electrons. The van der Waals surface area contributed by atoms with E-state index in [-0.39, 0.29) is 12.0 Å². The third-order valence-electron chi connectivity index (χ3n) is 3.68. The van der Waals surface area contributed by atoms with Crippen LogP contribution in [0.3, 0.4) is 0 Å². The first-order chi connectivity index (χ1) is 11.6. The fourth-order valence-electron chi connectivity index (χ4n) is 2.50. The molecule has 3 rings (SSSR count). The number of carbonyl (C=O) groups is 1. The van der Waals surface area contributed by atoms with Gasteiger partial charge in [0.1, 0.15) is 6.10 Å². The van der Waals surface area contributed by atoms with Crippen molar-refractivity contribution in [3.8, 4) is 11.8 Å². The van der Waals surface area contributed by atoms with Gasteiger partial charge in [-0.15, -0.1) is 0 Å². The van der Waals surface area contributed by atoms with Gasteiger partial charge in [0.05, 0.1) is 36.6 Å². The second kappa shape index (κ2) is 7.23. The van der Waals surface area contributed by atoms with Gasteiger partial charge in [-0.1, -0.05) is 23.2 Å². The SMILES string of the molecule is COc1cncc(OC2CCN(C(=O)c3cc(Cl)ccc3Cl)C2)n1. The molecule has 1 saturated heterocycles. The molecule has 1 aliphatic heterocycles. The normalized spacial score (nSPS) is 17.0. The van der Waals surface area contributed by atoms with Crippen molar-refractivity contribution in [2.75, 3.05) is 20.2 Å². The molecule has 1 fully saturated rings. The monoisotopic (exact) mass is 367 g/mol. The van der Waals surface area contributed by atoms with E-state index in [0.717, 1.165) is 0 Å². The quantitative estimate of drug-likeness (QED) is 0.830. The summed E-state index contributed by atoms with van der Waals surface area (Å²) in [7, 11) is 1.51. The maximum Gasteiger partial charge on any atom is 0.255 e. The fourth-order valence-corrected chi connectivity index (χ4v) is 2.87. The lowest BCUT2D eigenvalue weighted by molar-refractivity contribution is 0.0771. The lowest BCUT2D eigenvalue weighted by Crippen LogP contribution is -2.31. The molecule has 0 bridgehead atoms. The molecule has 126 valence electrons. The van der Waals surface area contributed by atoms with E-state index in [1.54, 1.807) is 23.1 Å². The first kappa shape index (κ1) is 16.8. The molecule has 1 aliphatic rings. The van der Waals surface area contributed by atoms with Crippen molar-refractivity contribution >= 4 is 29.1 Å². The Bertz CT molecular complexity index is 757. The summed E-state index contributed by atoms with van der Waals surface area (Å²) < 4.78 is 10.8. The largest absolute Gasteiger partial charge is 0.480 e. The Kier molecular flexibility index (Phi) is 5.06. The minimum Gasteiger partial charge on any atom is -0.480 e. The molecule has 6 nitrogen and oxygen atoms in total. The number of hydrogen-bond donors (Lipinski definition) is 0. The van der Waals surface area contributed by atoms with Gasteiger partial charge < -0.3 is 14.4 Å². The van der Waals surface area contributed by atoms with Crippen LogP contribution in [0.15, 0.2) is 30.6 Å². The number of methoxy groups -OCH3 is 1. The topological polar surface area (TPSA) is 64.6 Å². The lowest BCUT2D eigenvalue weighted by atomic mass is 10.2. The number of benzene rings is 1. The van der Waals surface area contributed by atoms with Crippen LogP contribution in [0.25, 0.3) is 0 Å². The molecule has 24 heavy (non-hydrogen) atoms. The molecular formula is C16H15Cl2N3O3. The summed E-state index contributed by atoms with van der Waals surface area (Å²) in [6, 6.07) is 4.85. The zero-order valence-electron chi connectivity index (χ0n) is 12.9. The first-order valence-electron chi connectivity index (χ1n) is 7.34. The average molecular weight is 368 g/mol. The molecule has 0 spiro atoms. The Hall–Kier alpha value is -2.05. The summed E-state index contributed by atoms with van der Waals surface area (Å²) in [6.45, 7) is 1.02. The number of nitrogens with zero attached hydrogens (tertiary/aromatic N) is 3. The van der Waals surface area contributed by atoms with Crippen LogP contribution in [0.1, 0.15) is 16.8 Å². The molecule has 1 unspecified atom stereocenters. The minimum atomic E-state index is -0.162. The second-order valence-corrected chi connectivity index (χ2v) is 6.15. The highest BCUT2D eigenvalue weighted by Gasteiger charge is 2.29. The third kappa shape index (κ3) is 3.71. The second-order valence-electron chi connectivity index (χ2n) is 5.30. The van der Waals surface area contributed by atoms with Crippen LogP contribution in [0.4, 0.5) is 0 Å². The number of ether oxygens (including phenoxy) is 2. The highest BCUT2D eigenvalue weighted by Crippen LogP contribution is 2.25. The molecule has 0 saturated carbocycles. The van der Waals surface area contributed by atoms with E-state index in [9.17, 15) is 4.79 Å². The molecule has 1 aromatic carbocycles. The summed E-state index contributed by atoms with van der Waals surface area (Å²) in [4.78, 5) is 22.4. The van der Waals surface area contributed by atoms with Crippen LogP contribution in [-0.2, 0) is 0 Å². The summed E-state index contributed by atoms with van der Waals surface area (Å²) in [5, 5.41) is 0.855. The van der Waals surface area contributed by atoms with Crippen molar-refractivity contribution in [2.24, 2.45) is 0 Å². The Balaban J connectivity index is 1.66. The van der Waals surface area contributed by atoms with Gasteiger partial charge in [0.2, 0.25) is 11.8 Å². The standard InChI is InChI=1S/C16H15Cl2N3O3/c1-23-14-7-19-8-15(20-14)24-11-4-5-21(9-11)16(22)12-6-10(17)2-3-13(12)18/h2-3,6-8,11H,4-5,9H2,1H3. The summed E-state index contributed by atoms with van der Waals surface area (Å²) >= 11 is 12.1. The van der Waals surface area contributed by atoms with Gasteiger partial charge >= 0.3 is 0 Å². The predicted octanol–water partition coefficient (Wildman–Crippen LogP) is 3.09. The van der Waals surface area contributed by atoms with E-state index in [1.165, 1.54) is 19.5 Å². The summed E-state index contributed by atoms with van der Waals surface area (Å²) in [5.74, 6) is 0.587. The highest BCUT2D eigenvalue weighted by atomic mass is 35.5. The average Bonchev–Trinajstić information content (AvgIpc) is 3.05. The van der Waals surface area contributed by atoms with E-state index < -0.39 is 0 Å². The van der Waals surface area contributed by atoms with Crippen LogP contribution in [0.5, 0.6) is 11.8 Å². The van der Waals surface area contributed by atoms with Gasteiger partial charge in [0.25, 0.3) is 5.91 Å². The van der Waals surface area contributed by atoms with Crippen LogP contribution in [-0.4, -0.2) is 47.1 Å². The van der Waals surface area contributed by atoms with Gasteiger partial charge in [-0.2, -0.15) is 4.98 Å². The van der Waals surface area contributed by atoms with Crippen molar-refractivity contribution in [1.82, 2.24) is 14.9 Å². The Labute approximate surface area is 149 Å². The summed E-state index contributed by atoms with van der Waals surface area (Å²) in [5.41, 5.74) is 0.394. The van der Waals surface area contributed by atoms with Gasteiger partial charge in [-0.25, -0.2) is 0 Å². The van der Waals surface area contributed by atoms with Crippen molar-refractivity contribution in [1.29, 1.82) is 0 Å². The zero-order chi connectivity index (χ0) is 17.1. The van der Waals surface area contributed by atoms with Crippen molar-refractivity contribution in [2.45, 2.75) is 12.5 Å². The summed E-state index contributed by atoms with van der Waals surface area (Å²) in [6.07, 6.45) is 3.55. The van der Waals surface area contributed by atoms with E-state index >= 15 is 0 Å².